The third kappa shape index (κ3) is 30.1. The fourth-order valence-electron chi connectivity index (χ4n) is 13.7. The van der Waals surface area contributed by atoms with E-state index in [2.05, 4.69) is 79.8 Å². The zero-order valence-electron chi connectivity index (χ0n) is 70.2. The van der Waals surface area contributed by atoms with Gasteiger partial charge in [-0.1, -0.05) is 111 Å². The minimum absolute atomic E-state index is 0.105. The number of hydrogen-bond acceptors (Lipinski definition) is 21. The Bertz CT molecular complexity index is 3610. The summed E-state index contributed by atoms with van der Waals surface area (Å²) in [6.07, 6.45) is 2.77. The first-order valence-corrected chi connectivity index (χ1v) is 40.3. The molecule has 0 radical (unpaired) electrons. The molecule has 656 valence electrons. The Balaban J connectivity index is 1.22. The van der Waals surface area contributed by atoms with E-state index in [1.165, 1.54) is 19.6 Å². The third-order valence-electron chi connectivity index (χ3n) is 20.5. The first-order chi connectivity index (χ1) is 54.8. The number of carboxylic acids is 1. The van der Waals surface area contributed by atoms with Crippen molar-refractivity contribution in [3.8, 4) is 0 Å². The van der Waals surface area contributed by atoms with E-state index in [1.807, 2.05) is 0 Å². The molecule has 4 rings (SSSR count). The first-order valence-electron chi connectivity index (χ1n) is 40.3. The number of nitrogens with one attached hydrogen (secondary N) is 15. The minimum atomic E-state index is -1.28. The van der Waals surface area contributed by atoms with Gasteiger partial charge in [0.15, 0.2) is 0 Å². The van der Waals surface area contributed by atoms with Crippen molar-refractivity contribution in [3.63, 3.8) is 0 Å². The summed E-state index contributed by atoms with van der Waals surface area (Å²) < 4.78 is 0. The van der Waals surface area contributed by atoms with Crippen molar-refractivity contribution in [3.05, 3.63) is 0 Å². The second kappa shape index (κ2) is 46.9. The third-order valence-corrected chi connectivity index (χ3v) is 20.5. The van der Waals surface area contributed by atoms with Gasteiger partial charge in [-0.15, -0.1) is 0 Å². The standard InChI is InChI=1S/C76H126N20O21/c1-37(2)57(77)73(114)93-25-17-21-45(93)65(106)78-29-49(97)86-58(38(3)4)69(110)82-33-53(101)90-62(42(11)12)74(115)94-26-18-22-46(94)66(107)79-30-50(98)87-59(39(5)6)70(111)83-34-54(102)91-63(43(13)14)75(116)95-27-19-23-47(95)67(108)80-31-51(99)88-60(40(7)8)71(112)84-35-55(103)92-64(44(15)16)76(117)96-28-20-24-48(96)68(109)81-32-52(100)89-61(41(9)10)72(113)85-36-56(104)105/h37-48,57-64H,17-36,77H2,1-16H3,(H,78,106)(H,79,107)(H,80,108)(H,81,109)(H,82,110)(H,83,111)(H,84,112)(H,85,113)(H,86,97)(H,87,98)(H,88,99)(H,89,100)(H,90,101)(H,91,102)(H,92,103)(H,104,105)/t45-,46-,47-,48-,57-,58-,59-,60-,61-,62-,63-,64-/m0/s1. The lowest BCUT2D eigenvalue weighted by Crippen LogP contribution is -2.58. The van der Waals surface area contributed by atoms with Crippen LogP contribution in [-0.2, 0) is 95.9 Å². The van der Waals surface area contributed by atoms with Gasteiger partial charge in [0.05, 0.1) is 51.9 Å². The molecular weight excluding hydrogens is 1530 g/mol. The zero-order valence-corrected chi connectivity index (χ0v) is 70.2. The van der Waals surface area contributed by atoms with Crippen molar-refractivity contribution in [2.24, 2.45) is 53.1 Å². The Morgan fingerprint density at radius 2 is 0.444 bits per heavy atom. The van der Waals surface area contributed by atoms with Gasteiger partial charge >= 0.3 is 5.97 Å². The molecule has 41 heteroatoms. The van der Waals surface area contributed by atoms with Crippen molar-refractivity contribution < 1.29 is 101 Å². The van der Waals surface area contributed by atoms with E-state index < -0.39 is 279 Å². The zero-order chi connectivity index (χ0) is 88.2. The summed E-state index contributed by atoms with van der Waals surface area (Å²) in [5, 5.41) is 46.6. The van der Waals surface area contributed by atoms with Crippen LogP contribution >= 0.6 is 0 Å². The normalized spacial score (nSPS) is 18.6. The molecule has 0 spiro atoms. The summed E-state index contributed by atoms with van der Waals surface area (Å²) in [5.74, 6) is -18.3. The second-order valence-electron chi connectivity index (χ2n) is 32.7. The molecule has 18 N–H and O–H groups in total. The van der Waals surface area contributed by atoms with Crippen LogP contribution in [0, 0.1) is 47.3 Å². The van der Waals surface area contributed by atoms with E-state index in [4.69, 9.17) is 10.8 Å². The second-order valence-corrected chi connectivity index (χ2v) is 32.7. The van der Waals surface area contributed by atoms with Crippen LogP contribution in [0.4, 0.5) is 0 Å². The van der Waals surface area contributed by atoms with E-state index in [0.717, 1.165) is 0 Å². The maximum Gasteiger partial charge on any atom is 0.322 e. The van der Waals surface area contributed by atoms with Crippen LogP contribution < -0.4 is 85.5 Å². The molecule has 4 aliphatic heterocycles. The van der Waals surface area contributed by atoms with Crippen LogP contribution in [-0.4, -0.2) is 294 Å². The Morgan fingerprint density at radius 1 is 0.265 bits per heavy atom. The molecule has 0 aliphatic carbocycles. The number of rotatable bonds is 43. The lowest BCUT2D eigenvalue weighted by molar-refractivity contribution is -0.142. The predicted octanol–water partition coefficient (Wildman–Crippen LogP) is -6.07. The number of nitrogens with zero attached hydrogens (tertiary/aromatic N) is 4. The van der Waals surface area contributed by atoms with E-state index in [9.17, 15) is 95.9 Å². The molecule has 4 saturated heterocycles. The van der Waals surface area contributed by atoms with Crippen molar-refractivity contribution in [2.45, 2.75) is 235 Å². The molecule has 0 aromatic carbocycles. The van der Waals surface area contributed by atoms with Crippen LogP contribution in [0.5, 0.6) is 0 Å². The lowest BCUT2D eigenvalue weighted by atomic mass is 10.0. The summed E-state index contributed by atoms with van der Waals surface area (Å²) in [6.45, 7) is 22.4. The maximum atomic E-state index is 14.2. The molecule has 0 aromatic heterocycles. The minimum Gasteiger partial charge on any atom is -0.480 e. The Kier molecular flexibility index (Phi) is 39.6. The summed E-state index contributed by atoms with van der Waals surface area (Å²) in [6, 6.07) is -13.0. The number of hydrogen-bond donors (Lipinski definition) is 17. The molecule has 0 bridgehead atoms. The van der Waals surface area contributed by atoms with E-state index >= 15 is 0 Å². The summed E-state index contributed by atoms with van der Waals surface area (Å²) in [7, 11) is 0. The maximum absolute atomic E-state index is 14.2. The topological polar surface area (TPSA) is 581 Å². The Morgan fingerprint density at radius 3 is 0.632 bits per heavy atom. The van der Waals surface area contributed by atoms with Gasteiger partial charge < -0.3 is 110 Å². The molecule has 117 heavy (non-hydrogen) atoms. The van der Waals surface area contributed by atoms with Crippen LogP contribution in [0.2, 0.25) is 0 Å². The average molecular weight is 1660 g/mol. The molecule has 4 aliphatic rings. The fourth-order valence-corrected chi connectivity index (χ4v) is 13.7. The van der Waals surface area contributed by atoms with Crippen LogP contribution in [0.15, 0.2) is 0 Å². The molecule has 4 heterocycles. The predicted molar refractivity (Wildman–Crippen MR) is 421 cm³/mol. The highest BCUT2D eigenvalue weighted by Crippen LogP contribution is 2.25. The van der Waals surface area contributed by atoms with E-state index in [-0.39, 0.29) is 50.7 Å². The van der Waals surface area contributed by atoms with Gasteiger partial charge in [-0.25, -0.2) is 0 Å². The molecule has 19 amide bonds. The monoisotopic (exact) mass is 1650 g/mol. The highest BCUT2D eigenvalue weighted by molar-refractivity contribution is 6.01. The fraction of sp³-hybridized carbons (Fsp3) is 0.737. The Labute approximate surface area is 682 Å². The van der Waals surface area contributed by atoms with Crippen LogP contribution in [0.1, 0.15) is 162 Å². The first kappa shape index (κ1) is 98.7. The number of nitrogens with two attached hydrogens (primary N) is 1. The number of carboxylic acid groups (broad SMARTS) is 1. The quantitative estimate of drug-likeness (QED) is 0.0270. The summed E-state index contributed by atoms with van der Waals surface area (Å²) in [5.41, 5.74) is 6.06. The molecular formula is C76H126N20O21. The van der Waals surface area contributed by atoms with Crippen LogP contribution in [0.3, 0.4) is 0 Å². The smallest absolute Gasteiger partial charge is 0.322 e. The van der Waals surface area contributed by atoms with E-state index in [1.54, 1.807) is 111 Å². The number of carbonyl (C=O) groups is 20. The van der Waals surface area contributed by atoms with Crippen molar-refractivity contribution in [1.29, 1.82) is 0 Å². The Hall–Kier alpha value is -10.6. The molecule has 0 aromatic rings. The lowest BCUT2D eigenvalue weighted by Gasteiger charge is -2.31. The number of amides is 19. The largest absolute Gasteiger partial charge is 0.480 e. The SMILES string of the molecule is CC(C)[C@H](N)C(=O)N1CCC[C@H]1C(=O)NCC(=O)N[C@H](C(=O)NCC(=O)N[C@H](C(=O)N1CCC[C@H]1C(=O)NCC(=O)N[C@H](C(=O)NCC(=O)N[C@H](C(=O)N1CCC[C@H]1C(=O)NCC(=O)N[C@H](C(=O)NCC(=O)N[C@H](C(=O)N1CCC[C@H]1C(=O)NCC(=O)N[C@H](C(=O)NCC(=O)O)C(C)C)C(C)C)C(C)C)C(C)C)C(C)C)C(C)C)C(C)C. The van der Waals surface area contributed by atoms with Crippen molar-refractivity contribution >= 4 is 118 Å². The average Bonchev–Trinajstić information content (AvgIpc) is 1.73. The van der Waals surface area contributed by atoms with Crippen molar-refractivity contribution in [1.82, 2.24) is 99.4 Å². The molecule has 0 saturated carbocycles. The van der Waals surface area contributed by atoms with Gasteiger partial charge in [0.25, 0.3) is 0 Å². The van der Waals surface area contributed by atoms with Gasteiger partial charge in [-0.3, -0.25) is 95.9 Å². The van der Waals surface area contributed by atoms with Crippen LogP contribution in [0.25, 0.3) is 0 Å². The van der Waals surface area contributed by atoms with Gasteiger partial charge in [-0.2, -0.15) is 0 Å². The number of aliphatic carboxylic acids is 1. The molecule has 4 fully saturated rings. The summed E-state index contributed by atoms with van der Waals surface area (Å²) in [4.78, 5) is 271. The summed E-state index contributed by atoms with van der Waals surface area (Å²) >= 11 is 0. The highest BCUT2D eigenvalue weighted by Gasteiger charge is 2.44. The van der Waals surface area contributed by atoms with E-state index in [0.29, 0.717) is 38.6 Å². The van der Waals surface area contributed by atoms with Gasteiger partial charge in [0, 0.05) is 26.2 Å². The van der Waals surface area contributed by atoms with Gasteiger partial charge in [0.1, 0.15) is 73.0 Å². The number of likely N-dealkylation sites (tertiary alicyclic amines) is 4. The van der Waals surface area contributed by atoms with Gasteiger partial charge in [0.2, 0.25) is 112 Å². The number of carbonyl (C=O) groups excluding carboxylic acids is 19. The molecule has 41 nitrogen and oxygen atoms in total. The van der Waals surface area contributed by atoms with Crippen molar-refractivity contribution in [2.75, 3.05) is 78.5 Å². The molecule has 0 unspecified atom stereocenters. The highest BCUT2D eigenvalue weighted by atomic mass is 16.4. The molecule has 12 atom stereocenters. The van der Waals surface area contributed by atoms with Gasteiger partial charge in [-0.05, 0) is 98.7 Å².